The molecule has 0 N–H and O–H groups in total. The molecular weight excluding hydrogens is 316 g/mol. The van der Waals surface area contributed by atoms with E-state index in [4.69, 9.17) is 4.79 Å². The van der Waals surface area contributed by atoms with E-state index in [1.165, 1.54) is 38.2 Å². The quantitative estimate of drug-likeness (QED) is 0.242. The van der Waals surface area contributed by atoms with E-state index in [9.17, 15) is 14.4 Å². The van der Waals surface area contributed by atoms with E-state index in [1.807, 2.05) is 0 Å². The Morgan fingerprint density at radius 2 is 0.880 bits per heavy atom. The number of aldehydes is 4. The molecule has 0 aliphatic rings. The average molecular weight is 357 g/mol. The summed E-state index contributed by atoms with van der Waals surface area (Å²) in [5.74, 6) is 0. The molecule has 0 spiro atoms. The number of rotatable bonds is 13. The summed E-state index contributed by atoms with van der Waals surface area (Å²) >= 11 is 0. The molecule has 0 atom stereocenters. The van der Waals surface area contributed by atoms with E-state index in [0.29, 0.717) is 6.29 Å². The van der Waals surface area contributed by atoms with E-state index in [2.05, 4.69) is 27.4 Å². The van der Waals surface area contributed by atoms with Crippen molar-refractivity contribution >= 4 is 25.1 Å². The van der Waals surface area contributed by atoms with Crippen LogP contribution in [0, 0.1) is 0 Å². The zero-order chi connectivity index (χ0) is 20.0. The first-order valence-electron chi connectivity index (χ1n) is 9.53. The first-order valence-corrected chi connectivity index (χ1v) is 9.53. The standard InChI is InChI=1S/C7H14O.C6H12O.C5H10O.C3H4O/c1-2-3-4-5-6-7-8;1-2-3-4-5-6-7;1-2-3-4-5-6;1-2-3-4/h7H,2-6H2,1H3;6H,2-5H2,1H3;5H,2-4H2,1H3;2-3H,1H2. The van der Waals surface area contributed by atoms with Crippen LogP contribution in [0.1, 0.15) is 97.8 Å². The Hall–Kier alpha value is -1.58. The molecule has 0 aromatic heterocycles. The lowest BCUT2D eigenvalue weighted by atomic mass is 10.2. The van der Waals surface area contributed by atoms with Gasteiger partial charge in [0.15, 0.2) is 0 Å². The van der Waals surface area contributed by atoms with Crippen molar-refractivity contribution in [1.82, 2.24) is 0 Å². The summed E-state index contributed by atoms with van der Waals surface area (Å²) in [5, 5.41) is 0. The average Bonchev–Trinajstić information content (AvgIpc) is 2.65. The highest BCUT2D eigenvalue weighted by atomic mass is 16.1. The molecule has 4 nitrogen and oxygen atoms in total. The zero-order valence-electron chi connectivity index (χ0n) is 16.7. The van der Waals surface area contributed by atoms with Crippen molar-refractivity contribution in [2.45, 2.75) is 97.8 Å². The second-order valence-corrected chi connectivity index (χ2v) is 5.36. The third-order valence-corrected chi connectivity index (χ3v) is 2.87. The number of allylic oxidation sites excluding steroid dienone is 1. The van der Waals surface area contributed by atoms with Gasteiger partial charge in [0.25, 0.3) is 0 Å². The van der Waals surface area contributed by atoms with Crippen LogP contribution in [-0.4, -0.2) is 25.1 Å². The van der Waals surface area contributed by atoms with Crippen molar-refractivity contribution in [3.8, 4) is 0 Å². The minimum absolute atomic E-state index is 0.639. The van der Waals surface area contributed by atoms with Crippen molar-refractivity contribution in [2.24, 2.45) is 0 Å². The predicted molar refractivity (Wildman–Crippen MR) is 107 cm³/mol. The van der Waals surface area contributed by atoms with Crippen LogP contribution in [0.5, 0.6) is 0 Å². The first kappa shape index (κ1) is 31.2. The molecule has 0 radical (unpaired) electrons. The Morgan fingerprint density at radius 3 is 1.16 bits per heavy atom. The molecule has 0 heterocycles. The highest BCUT2D eigenvalue weighted by Gasteiger charge is 1.83. The molecular formula is C21H40O4. The normalized spacial score (nSPS) is 8.12. The second-order valence-electron chi connectivity index (χ2n) is 5.36. The molecule has 0 saturated heterocycles. The van der Waals surface area contributed by atoms with Gasteiger partial charge in [-0.3, -0.25) is 4.79 Å². The Bertz CT molecular complexity index is 257. The molecule has 0 bridgehead atoms. The predicted octanol–water partition coefficient (Wildman–Crippen LogP) is 5.67. The number of carbonyl (C=O) groups excluding carboxylic acids is 4. The summed E-state index contributed by atoms with van der Waals surface area (Å²) in [7, 11) is 0. The summed E-state index contributed by atoms with van der Waals surface area (Å²) < 4.78 is 0. The van der Waals surface area contributed by atoms with Gasteiger partial charge in [-0.1, -0.05) is 65.9 Å². The van der Waals surface area contributed by atoms with Gasteiger partial charge >= 0.3 is 0 Å². The van der Waals surface area contributed by atoms with E-state index in [1.54, 1.807) is 0 Å². The maximum atomic E-state index is 9.77. The van der Waals surface area contributed by atoms with Crippen molar-refractivity contribution < 1.29 is 19.2 Å². The lowest BCUT2D eigenvalue weighted by Gasteiger charge is -1.90. The van der Waals surface area contributed by atoms with Crippen LogP contribution in [0.2, 0.25) is 0 Å². The molecule has 148 valence electrons. The fourth-order valence-electron chi connectivity index (χ4n) is 1.42. The van der Waals surface area contributed by atoms with Gasteiger partial charge in [-0.25, -0.2) is 0 Å². The highest BCUT2D eigenvalue weighted by Crippen LogP contribution is 1.99. The molecule has 0 amide bonds. The Kier molecular flexibility index (Phi) is 54.0. The molecule has 25 heavy (non-hydrogen) atoms. The smallest absolute Gasteiger partial charge is 0.142 e. The van der Waals surface area contributed by atoms with Crippen LogP contribution >= 0.6 is 0 Å². The first-order chi connectivity index (χ1) is 12.2. The topological polar surface area (TPSA) is 68.3 Å². The van der Waals surface area contributed by atoms with Crippen LogP contribution in [0.25, 0.3) is 0 Å². The SMILES string of the molecule is C=CC=O.CCCCC=O.CCCCCC=O.CCCCCCC=O. The molecule has 0 aromatic carbocycles. The van der Waals surface area contributed by atoms with Gasteiger partial charge in [0.05, 0.1) is 0 Å². The van der Waals surface area contributed by atoms with Crippen LogP contribution in [0.3, 0.4) is 0 Å². The van der Waals surface area contributed by atoms with Gasteiger partial charge in [-0.15, -0.1) is 0 Å². The molecule has 0 unspecified atom stereocenters. The highest BCUT2D eigenvalue weighted by molar-refractivity contribution is 5.63. The summed E-state index contributed by atoms with van der Waals surface area (Å²) in [5.41, 5.74) is 0. The number of carbonyl (C=O) groups is 4. The van der Waals surface area contributed by atoms with Gasteiger partial charge in [-0.05, 0) is 25.3 Å². The zero-order valence-corrected chi connectivity index (χ0v) is 16.7. The molecule has 0 saturated carbocycles. The fourth-order valence-corrected chi connectivity index (χ4v) is 1.42. The Balaban J connectivity index is -0.000000121. The lowest BCUT2D eigenvalue weighted by Crippen LogP contribution is -1.76. The largest absolute Gasteiger partial charge is 0.303 e. The van der Waals surface area contributed by atoms with E-state index in [0.717, 1.165) is 63.8 Å². The van der Waals surface area contributed by atoms with Gasteiger partial charge < -0.3 is 14.4 Å². The van der Waals surface area contributed by atoms with Gasteiger partial charge in [-0.2, -0.15) is 0 Å². The molecule has 0 aromatic rings. The van der Waals surface area contributed by atoms with Crippen LogP contribution < -0.4 is 0 Å². The van der Waals surface area contributed by atoms with Crippen molar-refractivity contribution in [1.29, 1.82) is 0 Å². The molecule has 0 fully saturated rings. The van der Waals surface area contributed by atoms with E-state index >= 15 is 0 Å². The summed E-state index contributed by atoms with van der Waals surface area (Å²) in [6.45, 7) is 9.48. The van der Waals surface area contributed by atoms with Gasteiger partial charge in [0, 0.05) is 19.3 Å². The maximum Gasteiger partial charge on any atom is 0.142 e. The molecule has 0 aliphatic carbocycles. The third-order valence-electron chi connectivity index (χ3n) is 2.87. The number of hydrogen-bond acceptors (Lipinski definition) is 4. The molecule has 4 heteroatoms. The Morgan fingerprint density at radius 1 is 0.560 bits per heavy atom. The number of hydrogen-bond donors (Lipinski definition) is 0. The molecule has 0 aliphatic heterocycles. The third kappa shape index (κ3) is 71.7. The summed E-state index contributed by atoms with van der Waals surface area (Å²) in [6.07, 6.45) is 17.5. The van der Waals surface area contributed by atoms with Crippen LogP contribution in [-0.2, 0) is 19.2 Å². The summed E-state index contributed by atoms with van der Waals surface area (Å²) in [4.78, 5) is 38.1. The molecule has 0 rings (SSSR count). The van der Waals surface area contributed by atoms with Gasteiger partial charge in [0.1, 0.15) is 25.1 Å². The minimum atomic E-state index is 0.639. The second kappa shape index (κ2) is 43.3. The van der Waals surface area contributed by atoms with Crippen molar-refractivity contribution in [3.05, 3.63) is 12.7 Å². The number of unbranched alkanes of at least 4 members (excludes halogenated alkanes) is 9. The fraction of sp³-hybridized carbons (Fsp3) is 0.714. The van der Waals surface area contributed by atoms with E-state index < -0.39 is 0 Å². The monoisotopic (exact) mass is 356 g/mol. The maximum absolute atomic E-state index is 9.77. The van der Waals surface area contributed by atoms with Crippen LogP contribution in [0.4, 0.5) is 0 Å². The minimum Gasteiger partial charge on any atom is -0.303 e. The van der Waals surface area contributed by atoms with Crippen LogP contribution in [0.15, 0.2) is 12.7 Å². The van der Waals surface area contributed by atoms with Crippen molar-refractivity contribution in [3.63, 3.8) is 0 Å². The lowest BCUT2D eigenvalue weighted by molar-refractivity contribution is -0.108. The van der Waals surface area contributed by atoms with E-state index in [-0.39, 0.29) is 0 Å². The van der Waals surface area contributed by atoms with Gasteiger partial charge in [0.2, 0.25) is 0 Å². The Labute approximate surface area is 155 Å². The summed E-state index contributed by atoms with van der Waals surface area (Å²) in [6, 6.07) is 0. The van der Waals surface area contributed by atoms with Crippen molar-refractivity contribution in [2.75, 3.05) is 0 Å².